The fourth-order valence-corrected chi connectivity index (χ4v) is 1.60. The Morgan fingerprint density at radius 2 is 1.88 bits per heavy atom. The van der Waals surface area contributed by atoms with Crippen molar-refractivity contribution in [2.75, 3.05) is 11.9 Å². The molecular formula is C14H10F6N2O2. The Hall–Kier alpha value is -2.70. The van der Waals surface area contributed by atoms with Crippen LogP contribution in [0.15, 0.2) is 35.5 Å². The fourth-order valence-electron chi connectivity index (χ4n) is 1.60. The third-order valence-electron chi connectivity index (χ3n) is 2.58. The monoisotopic (exact) mass is 352 g/mol. The highest BCUT2D eigenvalue weighted by atomic mass is 19.4. The van der Waals surface area contributed by atoms with Gasteiger partial charge in [0.25, 0.3) is 0 Å². The number of alkyl halides is 6. The normalized spacial score (nSPS) is 12.9. The van der Waals surface area contributed by atoms with E-state index < -0.39 is 40.8 Å². The van der Waals surface area contributed by atoms with Crippen molar-refractivity contribution in [2.45, 2.75) is 19.3 Å². The van der Waals surface area contributed by atoms with E-state index in [1.807, 2.05) is 0 Å². The van der Waals surface area contributed by atoms with E-state index in [0.717, 1.165) is 18.2 Å². The number of allylic oxidation sites excluding steroid dienone is 1. The summed E-state index contributed by atoms with van der Waals surface area (Å²) >= 11 is 0. The minimum absolute atomic E-state index is 0.279. The lowest BCUT2D eigenvalue weighted by molar-refractivity contribution is -0.139. The summed E-state index contributed by atoms with van der Waals surface area (Å²) < 4.78 is 81.4. The third-order valence-corrected chi connectivity index (χ3v) is 2.58. The van der Waals surface area contributed by atoms with E-state index in [1.54, 1.807) is 5.32 Å². The molecular weight excluding hydrogens is 342 g/mol. The van der Waals surface area contributed by atoms with E-state index in [4.69, 9.17) is 5.26 Å². The van der Waals surface area contributed by atoms with E-state index in [1.165, 1.54) is 6.92 Å². The number of nitriles is 1. The summed E-state index contributed by atoms with van der Waals surface area (Å²) in [4.78, 5) is 11.5. The van der Waals surface area contributed by atoms with Crippen LogP contribution >= 0.6 is 0 Å². The van der Waals surface area contributed by atoms with Gasteiger partial charge >= 0.3 is 18.3 Å². The van der Waals surface area contributed by atoms with Gasteiger partial charge in [0.2, 0.25) is 0 Å². The van der Waals surface area contributed by atoms with Crippen LogP contribution in [-0.2, 0) is 15.7 Å². The minimum atomic E-state index is -5.19. The van der Waals surface area contributed by atoms with Crippen LogP contribution in [0.2, 0.25) is 0 Å². The predicted octanol–water partition coefficient (Wildman–Crippen LogP) is 4.02. The Labute approximate surface area is 132 Å². The summed E-state index contributed by atoms with van der Waals surface area (Å²) in [5, 5.41) is 10.4. The van der Waals surface area contributed by atoms with Crippen molar-refractivity contribution < 1.29 is 35.9 Å². The molecule has 0 saturated carbocycles. The molecule has 0 aliphatic carbocycles. The molecule has 1 aromatic rings. The molecule has 0 aliphatic heterocycles. The highest BCUT2D eigenvalue weighted by Gasteiger charge is 2.40. The second kappa shape index (κ2) is 7.25. The molecule has 0 unspecified atom stereocenters. The Balaban J connectivity index is 3.36. The van der Waals surface area contributed by atoms with Crippen LogP contribution in [-0.4, -0.2) is 18.8 Å². The number of nitrogens with one attached hydrogen (secondary N) is 1. The van der Waals surface area contributed by atoms with E-state index in [2.05, 4.69) is 4.74 Å². The maximum Gasteiger partial charge on any atom is 0.432 e. The standard InChI is InChI=1S/C14H10F6N2O2/c1-2-24-12(23)10(7-21)11(14(18,19)20)22-9-5-3-4-8(6-9)13(15,16)17/h3-6,22H,2H2,1H3. The number of nitrogens with zero attached hydrogens (tertiary/aromatic N) is 1. The molecule has 4 nitrogen and oxygen atoms in total. The van der Waals surface area contributed by atoms with Crippen LogP contribution < -0.4 is 5.32 Å². The number of benzene rings is 1. The molecule has 0 bridgehead atoms. The third kappa shape index (κ3) is 4.91. The molecule has 0 amide bonds. The zero-order valence-electron chi connectivity index (χ0n) is 12.0. The molecule has 0 fully saturated rings. The molecule has 0 saturated heterocycles. The number of rotatable bonds is 4. The maximum atomic E-state index is 13.1. The first-order chi connectivity index (χ1) is 11.0. The smallest absolute Gasteiger partial charge is 0.432 e. The first kappa shape index (κ1) is 19.3. The van der Waals surface area contributed by atoms with Crippen molar-refractivity contribution in [1.82, 2.24) is 0 Å². The zero-order chi connectivity index (χ0) is 18.5. The van der Waals surface area contributed by atoms with Crippen molar-refractivity contribution in [2.24, 2.45) is 0 Å². The van der Waals surface area contributed by atoms with Crippen LogP contribution in [0, 0.1) is 11.3 Å². The first-order valence-electron chi connectivity index (χ1n) is 6.33. The zero-order valence-corrected chi connectivity index (χ0v) is 12.0. The van der Waals surface area contributed by atoms with E-state index >= 15 is 0 Å². The number of hydrogen-bond donors (Lipinski definition) is 1. The number of carbonyl (C=O) groups is 1. The number of esters is 1. The summed E-state index contributed by atoms with van der Waals surface area (Å²) in [5.41, 5.74) is -4.97. The van der Waals surface area contributed by atoms with E-state index in [-0.39, 0.29) is 6.61 Å². The van der Waals surface area contributed by atoms with Crippen molar-refractivity contribution in [1.29, 1.82) is 5.26 Å². The minimum Gasteiger partial charge on any atom is -0.462 e. The maximum absolute atomic E-state index is 13.1. The molecule has 1 aromatic carbocycles. The molecule has 1 N–H and O–H groups in total. The number of anilines is 1. The van der Waals surface area contributed by atoms with Gasteiger partial charge in [0.05, 0.1) is 12.2 Å². The van der Waals surface area contributed by atoms with Crippen molar-refractivity contribution in [3.05, 3.63) is 41.1 Å². The summed E-state index contributed by atoms with van der Waals surface area (Å²) in [6, 6.07) is 3.96. The van der Waals surface area contributed by atoms with Crippen LogP contribution in [0.1, 0.15) is 12.5 Å². The lowest BCUT2D eigenvalue weighted by atomic mass is 10.1. The topological polar surface area (TPSA) is 62.1 Å². The first-order valence-corrected chi connectivity index (χ1v) is 6.33. The van der Waals surface area contributed by atoms with Crippen molar-refractivity contribution >= 4 is 11.7 Å². The van der Waals surface area contributed by atoms with Crippen LogP contribution in [0.4, 0.5) is 32.0 Å². The molecule has 0 spiro atoms. The lowest BCUT2D eigenvalue weighted by Crippen LogP contribution is -2.25. The van der Waals surface area contributed by atoms with Gasteiger partial charge in [-0.3, -0.25) is 0 Å². The average molecular weight is 352 g/mol. The predicted molar refractivity (Wildman–Crippen MR) is 70.4 cm³/mol. The molecule has 0 atom stereocenters. The number of ether oxygens (including phenoxy) is 1. The highest BCUT2D eigenvalue weighted by Crippen LogP contribution is 2.33. The Morgan fingerprint density at radius 3 is 2.33 bits per heavy atom. The van der Waals surface area contributed by atoms with E-state index in [9.17, 15) is 31.1 Å². The van der Waals surface area contributed by atoms with E-state index in [0.29, 0.717) is 12.1 Å². The van der Waals surface area contributed by atoms with Crippen molar-refractivity contribution in [3.8, 4) is 6.07 Å². The van der Waals surface area contributed by atoms with Crippen LogP contribution in [0.25, 0.3) is 0 Å². The van der Waals surface area contributed by atoms with Gasteiger partial charge in [0.1, 0.15) is 11.8 Å². The van der Waals surface area contributed by atoms with Gasteiger partial charge in [-0.05, 0) is 25.1 Å². The lowest BCUT2D eigenvalue weighted by Gasteiger charge is -2.17. The van der Waals surface area contributed by atoms with Gasteiger partial charge in [-0.1, -0.05) is 6.07 Å². The molecule has 0 radical (unpaired) electrons. The summed E-state index contributed by atoms with van der Waals surface area (Å²) in [6.07, 6.45) is -9.95. The number of hydrogen-bond acceptors (Lipinski definition) is 4. The highest BCUT2D eigenvalue weighted by molar-refractivity contribution is 5.94. The fraction of sp³-hybridized carbons (Fsp3) is 0.286. The van der Waals surface area contributed by atoms with Gasteiger partial charge in [0, 0.05) is 5.69 Å². The van der Waals surface area contributed by atoms with Gasteiger partial charge in [0.15, 0.2) is 5.57 Å². The number of halogens is 6. The van der Waals surface area contributed by atoms with Crippen molar-refractivity contribution in [3.63, 3.8) is 0 Å². The molecule has 0 heterocycles. The van der Waals surface area contributed by atoms with Gasteiger partial charge < -0.3 is 10.1 Å². The molecule has 130 valence electrons. The molecule has 24 heavy (non-hydrogen) atoms. The van der Waals surface area contributed by atoms with Gasteiger partial charge in [-0.2, -0.15) is 31.6 Å². The average Bonchev–Trinajstić information content (AvgIpc) is 2.46. The summed E-state index contributed by atoms with van der Waals surface area (Å²) in [5.74, 6) is -1.54. The quantitative estimate of drug-likeness (QED) is 0.385. The second-order valence-electron chi connectivity index (χ2n) is 4.28. The largest absolute Gasteiger partial charge is 0.462 e. The van der Waals surface area contributed by atoms with Crippen LogP contribution in [0.3, 0.4) is 0 Å². The van der Waals surface area contributed by atoms with Gasteiger partial charge in [-0.15, -0.1) is 0 Å². The number of carbonyl (C=O) groups excluding carboxylic acids is 1. The Bertz CT molecular complexity index is 686. The Morgan fingerprint density at radius 1 is 1.25 bits per heavy atom. The molecule has 0 aliphatic rings. The molecule has 10 heteroatoms. The molecule has 0 aromatic heterocycles. The second-order valence-corrected chi connectivity index (χ2v) is 4.28. The van der Waals surface area contributed by atoms with Gasteiger partial charge in [-0.25, -0.2) is 4.79 Å². The molecule has 1 rings (SSSR count). The Kier molecular flexibility index (Phi) is 5.84. The SMILES string of the molecule is CCOC(=O)C(C#N)=C(Nc1cccc(C(F)(F)F)c1)C(F)(F)F. The summed E-state index contributed by atoms with van der Waals surface area (Å²) in [6.45, 7) is 1.04. The summed E-state index contributed by atoms with van der Waals surface area (Å²) in [7, 11) is 0. The van der Waals surface area contributed by atoms with Crippen LogP contribution in [0.5, 0.6) is 0 Å².